The molecule has 1 aromatic heterocycles. The van der Waals surface area contributed by atoms with E-state index in [4.69, 9.17) is 5.11 Å². The molecule has 3 N–H and O–H groups in total. The Morgan fingerprint density at radius 1 is 1.03 bits per heavy atom. The number of aromatic hydroxyl groups is 1. The van der Waals surface area contributed by atoms with Crippen molar-refractivity contribution >= 4 is 11.9 Å². The van der Waals surface area contributed by atoms with Gasteiger partial charge < -0.3 is 15.5 Å². The first-order valence-corrected chi connectivity index (χ1v) is 10.5. The van der Waals surface area contributed by atoms with Gasteiger partial charge in [0.05, 0.1) is 12.1 Å². The first-order valence-electron chi connectivity index (χ1n) is 10.5. The first-order chi connectivity index (χ1) is 16.4. The highest BCUT2D eigenvalue weighted by Crippen LogP contribution is 2.31. The predicted octanol–water partition coefficient (Wildman–Crippen LogP) is 3.62. The zero-order valence-corrected chi connectivity index (χ0v) is 18.8. The van der Waals surface area contributed by atoms with Gasteiger partial charge in [-0.25, -0.2) is 4.68 Å². The zero-order valence-electron chi connectivity index (χ0n) is 18.8. The van der Waals surface area contributed by atoms with Crippen LogP contribution in [-0.4, -0.2) is 38.4 Å². The molecule has 0 bridgehead atoms. The standard InChI is InChI=1S/C24H22F3N3O5/c1-13(2)20-21(33)19(22(34)28-11-18(31)32)23(35)30(29-20)12-14-3-5-15(6-4-14)16-7-9-17(10-8-16)24(25,26)27/h3-10,13,33H,11-12H2,1-2H3,(H,28,34)(H,31,32). The van der Waals surface area contributed by atoms with Crippen molar-refractivity contribution in [3.63, 3.8) is 0 Å². The minimum atomic E-state index is -4.43. The first kappa shape index (κ1) is 25.5. The number of nitrogens with zero attached hydrogens (tertiary/aromatic N) is 2. The number of hydrogen-bond donors (Lipinski definition) is 3. The summed E-state index contributed by atoms with van der Waals surface area (Å²) in [7, 11) is 0. The van der Waals surface area contributed by atoms with E-state index in [1.165, 1.54) is 12.1 Å². The minimum Gasteiger partial charge on any atom is -0.505 e. The van der Waals surface area contributed by atoms with Crippen molar-refractivity contribution in [1.29, 1.82) is 0 Å². The van der Waals surface area contributed by atoms with Crippen LogP contribution in [0.15, 0.2) is 53.3 Å². The fourth-order valence-electron chi connectivity index (χ4n) is 3.35. The van der Waals surface area contributed by atoms with Crippen LogP contribution in [0.1, 0.15) is 46.9 Å². The fraction of sp³-hybridized carbons (Fsp3) is 0.250. The maximum Gasteiger partial charge on any atom is 0.416 e. The van der Waals surface area contributed by atoms with E-state index < -0.39 is 47.0 Å². The number of halogens is 3. The summed E-state index contributed by atoms with van der Waals surface area (Å²) < 4.78 is 39.3. The molecule has 11 heteroatoms. The Morgan fingerprint density at radius 2 is 1.57 bits per heavy atom. The molecule has 8 nitrogen and oxygen atoms in total. The molecule has 0 aliphatic rings. The molecule has 0 atom stereocenters. The summed E-state index contributed by atoms with van der Waals surface area (Å²) in [5.74, 6) is -3.31. The van der Waals surface area contributed by atoms with Crippen LogP contribution in [0.4, 0.5) is 13.2 Å². The molecule has 1 heterocycles. The SMILES string of the molecule is CC(C)c1nn(Cc2ccc(-c3ccc(C(F)(F)F)cc3)cc2)c(=O)c(C(=O)NCC(=O)O)c1O. The maximum atomic E-state index is 12.9. The van der Waals surface area contributed by atoms with Gasteiger partial charge in [0, 0.05) is 5.92 Å². The second kappa shape index (κ2) is 10.00. The largest absolute Gasteiger partial charge is 0.505 e. The van der Waals surface area contributed by atoms with Crippen molar-refractivity contribution < 1.29 is 33.0 Å². The monoisotopic (exact) mass is 489 g/mol. The molecule has 0 fully saturated rings. The van der Waals surface area contributed by atoms with Crippen molar-refractivity contribution in [2.24, 2.45) is 0 Å². The quantitative estimate of drug-likeness (QED) is 0.466. The molecule has 184 valence electrons. The molecule has 0 spiro atoms. The lowest BCUT2D eigenvalue weighted by atomic mass is 10.0. The Morgan fingerprint density at radius 3 is 2.06 bits per heavy atom. The number of alkyl halides is 3. The number of carboxylic acid groups (broad SMARTS) is 1. The van der Waals surface area contributed by atoms with Gasteiger partial charge >= 0.3 is 12.1 Å². The van der Waals surface area contributed by atoms with Gasteiger partial charge in [0.15, 0.2) is 5.75 Å². The highest BCUT2D eigenvalue weighted by Gasteiger charge is 2.30. The second-order valence-electron chi connectivity index (χ2n) is 8.07. The van der Waals surface area contributed by atoms with Crippen molar-refractivity contribution in [1.82, 2.24) is 15.1 Å². The van der Waals surface area contributed by atoms with Crippen molar-refractivity contribution in [2.45, 2.75) is 32.5 Å². The van der Waals surface area contributed by atoms with Crippen LogP contribution in [0.2, 0.25) is 0 Å². The smallest absolute Gasteiger partial charge is 0.416 e. The zero-order chi connectivity index (χ0) is 25.9. The van der Waals surface area contributed by atoms with Crippen molar-refractivity contribution in [3.05, 3.63) is 81.3 Å². The number of rotatable bonds is 7. The van der Waals surface area contributed by atoms with E-state index in [9.17, 15) is 32.7 Å². The number of aliphatic carboxylic acids is 1. The van der Waals surface area contributed by atoms with Crippen LogP contribution >= 0.6 is 0 Å². The molecule has 35 heavy (non-hydrogen) atoms. The molecule has 1 amide bonds. The molecule has 3 rings (SSSR count). The molecule has 0 saturated heterocycles. The van der Waals surface area contributed by atoms with Crippen LogP contribution in [0.25, 0.3) is 11.1 Å². The topological polar surface area (TPSA) is 122 Å². The number of benzene rings is 2. The lowest BCUT2D eigenvalue weighted by molar-refractivity contribution is -0.137. The van der Waals surface area contributed by atoms with Gasteiger partial charge in [0.25, 0.3) is 11.5 Å². The summed E-state index contributed by atoms with van der Waals surface area (Å²) in [5, 5.41) is 25.5. The number of nitrogens with one attached hydrogen (secondary N) is 1. The summed E-state index contributed by atoms with van der Waals surface area (Å²) in [6.07, 6.45) is -4.43. The summed E-state index contributed by atoms with van der Waals surface area (Å²) >= 11 is 0. The molecule has 0 aliphatic heterocycles. The molecule has 2 aromatic carbocycles. The van der Waals surface area contributed by atoms with Gasteiger partial charge in [-0.2, -0.15) is 18.3 Å². The normalized spacial score (nSPS) is 11.5. The maximum absolute atomic E-state index is 12.9. The van der Waals surface area contributed by atoms with Gasteiger partial charge in [0.1, 0.15) is 17.8 Å². The number of carbonyl (C=O) groups excluding carboxylic acids is 1. The number of carboxylic acids is 1. The summed E-state index contributed by atoms with van der Waals surface area (Å²) in [6, 6.07) is 11.4. The number of aromatic nitrogens is 2. The molecular formula is C24H22F3N3O5. The third-order valence-electron chi connectivity index (χ3n) is 5.16. The average molecular weight is 489 g/mol. The second-order valence-corrected chi connectivity index (χ2v) is 8.07. The predicted molar refractivity (Wildman–Crippen MR) is 120 cm³/mol. The van der Waals surface area contributed by atoms with Crippen LogP contribution in [-0.2, 0) is 17.5 Å². The fourth-order valence-corrected chi connectivity index (χ4v) is 3.35. The highest BCUT2D eigenvalue weighted by molar-refractivity contribution is 5.98. The average Bonchev–Trinajstić information content (AvgIpc) is 2.79. The number of carbonyl (C=O) groups is 2. The van der Waals surface area contributed by atoms with Gasteiger partial charge in [-0.05, 0) is 28.8 Å². The Bertz CT molecular complexity index is 1300. The molecule has 0 radical (unpaired) electrons. The molecule has 0 saturated carbocycles. The molecule has 0 unspecified atom stereocenters. The van der Waals surface area contributed by atoms with E-state index in [-0.39, 0.29) is 18.2 Å². The van der Waals surface area contributed by atoms with Crippen molar-refractivity contribution in [2.75, 3.05) is 6.54 Å². The minimum absolute atomic E-state index is 0.0642. The van der Waals surface area contributed by atoms with E-state index in [2.05, 4.69) is 10.4 Å². The highest BCUT2D eigenvalue weighted by atomic mass is 19.4. The van der Waals surface area contributed by atoms with E-state index in [1.807, 2.05) is 0 Å². The van der Waals surface area contributed by atoms with Crippen LogP contribution in [0.5, 0.6) is 5.75 Å². The Hall–Kier alpha value is -4.15. The van der Waals surface area contributed by atoms with Gasteiger partial charge in [-0.15, -0.1) is 0 Å². The van der Waals surface area contributed by atoms with Crippen LogP contribution in [0, 0.1) is 0 Å². The lowest BCUT2D eigenvalue weighted by Crippen LogP contribution is -2.37. The third-order valence-corrected chi connectivity index (χ3v) is 5.16. The van der Waals surface area contributed by atoms with E-state index in [0.29, 0.717) is 16.7 Å². The third kappa shape index (κ3) is 5.86. The Labute approximate surface area is 197 Å². The summed E-state index contributed by atoms with van der Waals surface area (Å²) in [6.45, 7) is 2.61. The molecule has 3 aromatic rings. The Balaban J connectivity index is 1.91. The van der Waals surface area contributed by atoms with Crippen LogP contribution < -0.4 is 10.9 Å². The molecular weight excluding hydrogens is 467 g/mol. The Kier molecular flexibility index (Phi) is 7.28. The van der Waals surface area contributed by atoms with Gasteiger partial charge in [0.2, 0.25) is 0 Å². The van der Waals surface area contributed by atoms with E-state index in [0.717, 1.165) is 16.8 Å². The number of amides is 1. The molecule has 0 aliphatic carbocycles. The lowest BCUT2D eigenvalue weighted by Gasteiger charge is -2.15. The van der Waals surface area contributed by atoms with Crippen molar-refractivity contribution in [3.8, 4) is 16.9 Å². The van der Waals surface area contributed by atoms with Gasteiger partial charge in [-0.3, -0.25) is 14.4 Å². The van der Waals surface area contributed by atoms with E-state index in [1.54, 1.807) is 38.1 Å². The van der Waals surface area contributed by atoms with E-state index >= 15 is 0 Å². The number of hydrogen-bond acceptors (Lipinski definition) is 5. The van der Waals surface area contributed by atoms with Gasteiger partial charge in [-0.1, -0.05) is 50.2 Å². The van der Waals surface area contributed by atoms with Crippen LogP contribution in [0.3, 0.4) is 0 Å². The summed E-state index contributed by atoms with van der Waals surface area (Å²) in [5.41, 5.74) is -0.333. The summed E-state index contributed by atoms with van der Waals surface area (Å²) in [4.78, 5) is 36.1.